The molecule has 3 rings (SSSR count). The van der Waals surface area contributed by atoms with Gasteiger partial charge >= 0.3 is 6.09 Å². The van der Waals surface area contributed by atoms with Gasteiger partial charge in [0.1, 0.15) is 18.0 Å². The maximum atomic E-state index is 13.1. The Labute approximate surface area is 185 Å². The first-order chi connectivity index (χ1) is 14.4. The summed E-state index contributed by atoms with van der Waals surface area (Å²) in [4.78, 5) is 30.0. The molecular weight excluding hydrogens is 445 g/mol. The molecule has 8 nitrogen and oxygen atoms in total. The van der Waals surface area contributed by atoms with Crippen LogP contribution in [0.3, 0.4) is 0 Å². The fourth-order valence-corrected chi connectivity index (χ4v) is 7.40. The van der Waals surface area contributed by atoms with Crippen LogP contribution in [0.1, 0.15) is 26.3 Å². The second kappa shape index (κ2) is 9.15. The molecule has 1 N–H and O–H groups in total. The lowest BCUT2D eigenvalue weighted by Crippen LogP contribution is -2.39. The van der Waals surface area contributed by atoms with Crippen LogP contribution in [-0.4, -0.2) is 72.0 Å². The van der Waals surface area contributed by atoms with Gasteiger partial charge in [0, 0.05) is 11.8 Å². The van der Waals surface area contributed by atoms with E-state index >= 15 is 0 Å². The second-order valence-corrected chi connectivity index (χ2v) is 11.9. The molecule has 2 heterocycles. The molecule has 1 aromatic carbocycles. The summed E-state index contributed by atoms with van der Waals surface area (Å²) in [5, 5.41) is 2.63. The van der Waals surface area contributed by atoms with Gasteiger partial charge in [-0.2, -0.15) is 4.99 Å². The van der Waals surface area contributed by atoms with Crippen LogP contribution < -0.4 is 5.32 Å². The number of aliphatic imine (C=N–C) groups is 1. The molecule has 0 radical (unpaired) electrons. The van der Waals surface area contributed by atoms with Crippen LogP contribution in [0, 0.1) is 5.82 Å². The smallest absolute Gasteiger partial charge is 0.408 e. The maximum absolute atomic E-state index is 13.1. The highest BCUT2D eigenvalue weighted by atomic mass is 32.2. The topological polar surface area (TPSA) is 105 Å². The molecule has 1 aromatic rings. The fraction of sp³-hybridized carbons (Fsp3) is 0.550. The molecule has 2 saturated heterocycles. The van der Waals surface area contributed by atoms with Crippen molar-refractivity contribution in [3.8, 4) is 0 Å². The summed E-state index contributed by atoms with van der Waals surface area (Å²) >= 11 is 1.27. The van der Waals surface area contributed by atoms with Crippen LogP contribution in [0.15, 0.2) is 29.3 Å². The number of alkyl carbamates (subject to hydrolysis) is 1. The van der Waals surface area contributed by atoms with Crippen LogP contribution >= 0.6 is 11.8 Å². The molecule has 2 amide bonds. The van der Waals surface area contributed by atoms with Crippen molar-refractivity contribution in [3.05, 3.63) is 35.6 Å². The van der Waals surface area contributed by atoms with Crippen molar-refractivity contribution >= 4 is 38.8 Å². The SMILES string of the molecule is CC(C)(C)OC(=O)NCC(=O)N=C1SC2CS(=O)(=O)CC2N1CCc1ccc(F)cc1. The lowest BCUT2D eigenvalue weighted by molar-refractivity contribution is -0.117. The number of carbonyl (C=O) groups is 2. The van der Waals surface area contributed by atoms with Gasteiger partial charge in [-0.1, -0.05) is 23.9 Å². The zero-order valence-corrected chi connectivity index (χ0v) is 19.3. The molecule has 31 heavy (non-hydrogen) atoms. The Kier molecular flexibility index (Phi) is 6.95. The summed E-state index contributed by atoms with van der Waals surface area (Å²) < 4.78 is 42.4. The number of benzene rings is 1. The predicted octanol–water partition coefficient (Wildman–Crippen LogP) is 1.99. The monoisotopic (exact) mass is 471 g/mol. The minimum absolute atomic E-state index is 0.0114. The van der Waals surface area contributed by atoms with E-state index in [1.165, 1.54) is 23.9 Å². The highest BCUT2D eigenvalue weighted by Crippen LogP contribution is 2.38. The number of hydrogen-bond acceptors (Lipinski definition) is 6. The van der Waals surface area contributed by atoms with Crippen LogP contribution in [0.5, 0.6) is 0 Å². The maximum Gasteiger partial charge on any atom is 0.408 e. The Balaban J connectivity index is 1.67. The predicted molar refractivity (Wildman–Crippen MR) is 117 cm³/mol. The summed E-state index contributed by atoms with van der Waals surface area (Å²) in [6.45, 7) is 5.28. The van der Waals surface area contributed by atoms with E-state index in [0.717, 1.165) is 5.56 Å². The highest BCUT2D eigenvalue weighted by Gasteiger charge is 2.48. The number of amidine groups is 1. The number of nitrogens with zero attached hydrogens (tertiary/aromatic N) is 2. The van der Waals surface area contributed by atoms with Crippen LogP contribution in [0.2, 0.25) is 0 Å². The van der Waals surface area contributed by atoms with Gasteiger partial charge in [0.05, 0.1) is 17.5 Å². The van der Waals surface area contributed by atoms with Gasteiger partial charge in [-0.15, -0.1) is 0 Å². The standard InChI is InChI=1S/C20H26FN3O5S2/c1-20(2,3)29-19(26)22-10-17(25)23-18-24(9-8-13-4-6-14(21)7-5-13)15-11-31(27,28)12-16(15)30-18/h4-7,15-16H,8-12H2,1-3H3,(H,22,26). The van der Waals surface area contributed by atoms with Crippen molar-refractivity contribution in [2.75, 3.05) is 24.6 Å². The Hall–Kier alpha value is -2.14. The fourth-order valence-electron chi connectivity index (χ4n) is 3.41. The third kappa shape index (κ3) is 6.67. The quantitative estimate of drug-likeness (QED) is 0.700. The molecule has 0 saturated carbocycles. The Morgan fingerprint density at radius 1 is 1.26 bits per heavy atom. The van der Waals surface area contributed by atoms with Crippen molar-refractivity contribution in [2.24, 2.45) is 4.99 Å². The molecule has 2 fully saturated rings. The van der Waals surface area contributed by atoms with E-state index in [1.807, 2.05) is 4.90 Å². The first kappa shape index (κ1) is 23.5. The van der Waals surface area contributed by atoms with Crippen LogP contribution in [0.4, 0.5) is 9.18 Å². The van der Waals surface area contributed by atoms with Gasteiger partial charge in [-0.25, -0.2) is 17.6 Å². The number of ether oxygens (including phenoxy) is 1. The number of sulfone groups is 1. The number of carbonyl (C=O) groups excluding carboxylic acids is 2. The zero-order valence-electron chi connectivity index (χ0n) is 17.6. The summed E-state index contributed by atoms with van der Waals surface area (Å²) in [6.07, 6.45) is -0.163. The molecule has 2 atom stereocenters. The molecule has 0 spiro atoms. The lowest BCUT2D eigenvalue weighted by Gasteiger charge is -2.24. The summed E-state index contributed by atoms with van der Waals surface area (Å²) in [6, 6.07) is 5.83. The van der Waals surface area contributed by atoms with Crippen molar-refractivity contribution in [3.63, 3.8) is 0 Å². The van der Waals surface area contributed by atoms with Crippen LogP contribution in [-0.2, 0) is 25.8 Å². The number of amides is 2. The minimum atomic E-state index is -3.14. The Morgan fingerprint density at radius 2 is 1.94 bits per heavy atom. The third-order valence-corrected chi connectivity index (χ3v) is 7.98. The third-order valence-electron chi connectivity index (χ3n) is 4.73. The molecule has 0 aliphatic carbocycles. The van der Waals surface area contributed by atoms with Gasteiger partial charge in [0.25, 0.3) is 5.91 Å². The molecule has 2 aliphatic heterocycles. The van der Waals surface area contributed by atoms with E-state index < -0.39 is 27.4 Å². The number of hydrogen-bond donors (Lipinski definition) is 1. The van der Waals surface area contributed by atoms with E-state index in [9.17, 15) is 22.4 Å². The van der Waals surface area contributed by atoms with Crippen molar-refractivity contribution in [2.45, 2.75) is 44.1 Å². The zero-order chi connectivity index (χ0) is 22.8. The molecule has 2 aliphatic rings. The number of halogens is 1. The number of nitrogens with one attached hydrogen (secondary N) is 1. The van der Waals surface area contributed by atoms with Gasteiger partial charge in [0.15, 0.2) is 15.0 Å². The number of fused-ring (bicyclic) bond motifs is 1. The Bertz CT molecular complexity index is 974. The molecule has 11 heteroatoms. The van der Waals surface area contributed by atoms with Crippen molar-refractivity contribution in [1.82, 2.24) is 10.2 Å². The van der Waals surface area contributed by atoms with Gasteiger partial charge in [0.2, 0.25) is 0 Å². The van der Waals surface area contributed by atoms with Gasteiger partial charge in [-0.3, -0.25) is 4.79 Å². The van der Waals surface area contributed by atoms with E-state index in [4.69, 9.17) is 4.74 Å². The van der Waals surface area contributed by atoms with Crippen molar-refractivity contribution < 1.29 is 27.1 Å². The molecule has 2 unspecified atom stereocenters. The number of thioether (sulfide) groups is 1. The average molecular weight is 472 g/mol. The first-order valence-electron chi connectivity index (χ1n) is 9.88. The van der Waals surface area contributed by atoms with E-state index in [0.29, 0.717) is 18.1 Å². The lowest BCUT2D eigenvalue weighted by atomic mass is 10.1. The van der Waals surface area contributed by atoms with E-state index in [1.54, 1.807) is 32.9 Å². The largest absolute Gasteiger partial charge is 0.444 e. The summed E-state index contributed by atoms with van der Waals surface area (Å²) in [7, 11) is -3.14. The second-order valence-electron chi connectivity index (χ2n) is 8.51. The molecular formula is C20H26FN3O5S2. The van der Waals surface area contributed by atoms with Gasteiger partial charge < -0.3 is 15.0 Å². The van der Waals surface area contributed by atoms with Gasteiger partial charge in [-0.05, 0) is 44.9 Å². The highest BCUT2D eigenvalue weighted by molar-refractivity contribution is 8.15. The molecule has 170 valence electrons. The minimum Gasteiger partial charge on any atom is -0.444 e. The average Bonchev–Trinajstić information content (AvgIpc) is 3.09. The number of rotatable bonds is 5. The van der Waals surface area contributed by atoms with Crippen LogP contribution in [0.25, 0.3) is 0 Å². The van der Waals surface area contributed by atoms with E-state index in [-0.39, 0.29) is 35.2 Å². The molecule has 0 bridgehead atoms. The summed E-state index contributed by atoms with van der Waals surface area (Å²) in [5.74, 6) is -0.827. The Morgan fingerprint density at radius 3 is 2.58 bits per heavy atom. The normalized spacial score (nSPS) is 23.6. The summed E-state index contributed by atoms with van der Waals surface area (Å²) in [5.41, 5.74) is 0.216. The van der Waals surface area contributed by atoms with Crippen molar-refractivity contribution in [1.29, 1.82) is 0 Å². The molecule has 0 aromatic heterocycles. The van der Waals surface area contributed by atoms with E-state index in [2.05, 4.69) is 10.3 Å². The first-order valence-corrected chi connectivity index (χ1v) is 12.6.